The van der Waals surface area contributed by atoms with Crippen LogP contribution in [0.3, 0.4) is 0 Å². The maximum atomic E-state index is 12.0. The first-order chi connectivity index (χ1) is 11.8. The maximum Gasteiger partial charge on any atom is 0.338 e. The molecule has 0 aromatic heterocycles. The number of esters is 1. The molecule has 6 heteroatoms. The molecule has 5 nitrogen and oxygen atoms in total. The van der Waals surface area contributed by atoms with Gasteiger partial charge in [0, 0.05) is 24.4 Å². The third kappa shape index (κ3) is 3.20. The molecular formula is C19H26ClNO4. The zero-order valence-electron chi connectivity index (χ0n) is 15.5. The normalized spacial score (nSPS) is 28.3. The van der Waals surface area contributed by atoms with Crippen molar-refractivity contribution in [3.05, 3.63) is 22.2 Å². The van der Waals surface area contributed by atoms with E-state index in [1.165, 1.54) is 7.11 Å². The molecule has 1 unspecified atom stereocenters. The summed E-state index contributed by atoms with van der Waals surface area (Å²) in [6, 6.07) is 2.21. The molecular weight excluding hydrogens is 342 g/mol. The van der Waals surface area contributed by atoms with E-state index >= 15 is 0 Å². The maximum absolute atomic E-state index is 12.0. The Balaban J connectivity index is 1.84. The molecule has 1 aromatic carbocycles. The lowest BCUT2D eigenvalue weighted by Gasteiger charge is -2.39. The summed E-state index contributed by atoms with van der Waals surface area (Å²) in [4.78, 5) is 14.3. The second-order valence-electron chi connectivity index (χ2n) is 7.37. The number of hydrogen-bond acceptors (Lipinski definition) is 5. The van der Waals surface area contributed by atoms with Crippen molar-refractivity contribution >= 4 is 17.6 Å². The molecule has 1 saturated carbocycles. The van der Waals surface area contributed by atoms with E-state index in [4.69, 9.17) is 25.8 Å². The van der Waals surface area contributed by atoms with Gasteiger partial charge in [-0.05, 0) is 52.8 Å². The smallest absolute Gasteiger partial charge is 0.338 e. The van der Waals surface area contributed by atoms with Gasteiger partial charge in [0.15, 0.2) is 11.5 Å². The lowest BCUT2D eigenvalue weighted by molar-refractivity contribution is -0.123. The van der Waals surface area contributed by atoms with Gasteiger partial charge in [0.1, 0.15) is 0 Å². The van der Waals surface area contributed by atoms with Crippen molar-refractivity contribution < 1.29 is 19.0 Å². The Morgan fingerprint density at radius 2 is 1.84 bits per heavy atom. The molecule has 2 aliphatic rings. The summed E-state index contributed by atoms with van der Waals surface area (Å²) >= 11 is 6.36. The van der Waals surface area contributed by atoms with Crippen LogP contribution in [0.1, 0.15) is 48.5 Å². The van der Waals surface area contributed by atoms with Gasteiger partial charge >= 0.3 is 5.97 Å². The Morgan fingerprint density at radius 3 is 2.40 bits per heavy atom. The van der Waals surface area contributed by atoms with Gasteiger partial charge in [0.25, 0.3) is 5.79 Å². The standard InChI is InChI=1S/C19H26ClNO4/c1-11-14(18(22)23-5)10-15(20)17-16(11)24-19(2,25-17)12-6-8-13(9-7-12)21(3)4/h10,12-13H,6-9H2,1-5H3. The highest BCUT2D eigenvalue weighted by Crippen LogP contribution is 2.51. The molecule has 25 heavy (non-hydrogen) atoms. The molecule has 0 saturated heterocycles. The third-order valence-corrected chi connectivity index (χ3v) is 5.90. The van der Waals surface area contributed by atoms with E-state index in [9.17, 15) is 4.79 Å². The summed E-state index contributed by atoms with van der Waals surface area (Å²) < 4.78 is 17.3. The Morgan fingerprint density at radius 1 is 1.24 bits per heavy atom. The number of nitrogens with zero attached hydrogens (tertiary/aromatic N) is 1. The monoisotopic (exact) mass is 367 g/mol. The molecule has 1 atom stereocenters. The summed E-state index contributed by atoms with van der Waals surface area (Å²) in [5.74, 6) is 0.205. The van der Waals surface area contributed by atoms with Gasteiger partial charge in [-0.1, -0.05) is 11.6 Å². The molecule has 0 amide bonds. The van der Waals surface area contributed by atoms with Crippen LogP contribution in [0.4, 0.5) is 0 Å². The summed E-state index contributed by atoms with van der Waals surface area (Å²) in [5.41, 5.74) is 1.12. The van der Waals surface area contributed by atoms with Crippen molar-refractivity contribution in [2.75, 3.05) is 21.2 Å². The molecule has 0 radical (unpaired) electrons. The highest BCUT2D eigenvalue weighted by molar-refractivity contribution is 6.32. The quantitative estimate of drug-likeness (QED) is 0.754. The molecule has 3 rings (SSSR count). The second kappa shape index (κ2) is 6.69. The molecule has 1 aliphatic heterocycles. The lowest BCUT2D eigenvalue weighted by Crippen LogP contribution is -2.46. The second-order valence-corrected chi connectivity index (χ2v) is 7.78. The highest BCUT2D eigenvalue weighted by Gasteiger charge is 2.47. The summed E-state index contributed by atoms with van der Waals surface area (Å²) in [6.07, 6.45) is 4.31. The van der Waals surface area contributed by atoms with Crippen LogP contribution in [0.5, 0.6) is 11.5 Å². The van der Waals surface area contributed by atoms with E-state index in [1.54, 1.807) is 6.07 Å². The fraction of sp³-hybridized carbons (Fsp3) is 0.632. The van der Waals surface area contributed by atoms with Crippen molar-refractivity contribution in [2.45, 2.75) is 51.4 Å². The molecule has 1 aromatic rings. The number of carbonyl (C=O) groups is 1. The Hall–Kier alpha value is -1.46. The minimum Gasteiger partial charge on any atom is -0.465 e. The van der Waals surface area contributed by atoms with E-state index in [-0.39, 0.29) is 5.92 Å². The van der Waals surface area contributed by atoms with Crippen molar-refractivity contribution in [3.63, 3.8) is 0 Å². The van der Waals surface area contributed by atoms with Crippen LogP contribution in [0.2, 0.25) is 5.02 Å². The Labute approximate surface area is 154 Å². The van der Waals surface area contributed by atoms with Gasteiger partial charge in [-0.2, -0.15) is 0 Å². The van der Waals surface area contributed by atoms with E-state index in [0.29, 0.717) is 33.7 Å². The minimum absolute atomic E-state index is 0.285. The highest BCUT2D eigenvalue weighted by atomic mass is 35.5. The first-order valence-electron chi connectivity index (χ1n) is 8.72. The number of carbonyl (C=O) groups excluding carboxylic acids is 1. The average Bonchev–Trinajstić information content (AvgIpc) is 2.97. The Bertz CT molecular complexity index is 682. The van der Waals surface area contributed by atoms with E-state index in [1.807, 2.05) is 13.8 Å². The van der Waals surface area contributed by atoms with Crippen molar-refractivity contribution in [2.24, 2.45) is 5.92 Å². The fourth-order valence-corrected chi connectivity index (χ4v) is 4.18. The number of hydrogen-bond donors (Lipinski definition) is 0. The van der Waals surface area contributed by atoms with Crippen LogP contribution < -0.4 is 9.47 Å². The largest absolute Gasteiger partial charge is 0.465 e. The van der Waals surface area contributed by atoms with E-state index < -0.39 is 11.8 Å². The molecule has 1 heterocycles. The lowest BCUT2D eigenvalue weighted by atomic mass is 9.81. The molecule has 1 fully saturated rings. The van der Waals surface area contributed by atoms with Crippen LogP contribution in [0, 0.1) is 12.8 Å². The zero-order chi connectivity index (χ0) is 18.4. The summed E-state index contributed by atoms with van der Waals surface area (Å²) in [6.45, 7) is 3.81. The minimum atomic E-state index is -0.747. The van der Waals surface area contributed by atoms with Crippen molar-refractivity contribution in [3.8, 4) is 11.5 Å². The third-order valence-electron chi connectivity index (χ3n) is 5.62. The Kier molecular flexibility index (Phi) is 4.91. The zero-order valence-corrected chi connectivity index (χ0v) is 16.3. The van der Waals surface area contributed by atoms with Gasteiger partial charge in [-0.15, -0.1) is 0 Å². The molecule has 138 valence electrons. The van der Waals surface area contributed by atoms with Crippen LogP contribution in [0.15, 0.2) is 6.07 Å². The SMILES string of the molecule is COC(=O)c1cc(Cl)c2c(c1C)OC(C)(C1CCC(N(C)C)CC1)O2. The van der Waals surface area contributed by atoms with Crippen LogP contribution >= 0.6 is 11.6 Å². The topological polar surface area (TPSA) is 48.0 Å². The molecule has 0 N–H and O–H groups in total. The summed E-state index contributed by atoms with van der Waals surface area (Å²) in [7, 11) is 5.61. The molecule has 0 bridgehead atoms. The van der Waals surface area contributed by atoms with Gasteiger partial charge in [-0.25, -0.2) is 4.79 Å². The number of halogens is 1. The average molecular weight is 368 g/mol. The number of ether oxygens (including phenoxy) is 3. The number of benzene rings is 1. The predicted octanol–water partition coefficient (Wildman–Crippen LogP) is 4.04. The first-order valence-corrected chi connectivity index (χ1v) is 9.10. The molecule has 0 spiro atoms. The van der Waals surface area contributed by atoms with Gasteiger partial charge < -0.3 is 19.1 Å². The van der Waals surface area contributed by atoms with Crippen LogP contribution in [-0.4, -0.2) is 43.9 Å². The summed E-state index contributed by atoms with van der Waals surface area (Å²) in [5, 5.41) is 0.381. The first kappa shape index (κ1) is 18.3. The van der Waals surface area contributed by atoms with Crippen molar-refractivity contribution in [1.82, 2.24) is 4.90 Å². The van der Waals surface area contributed by atoms with Crippen molar-refractivity contribution in [1.29, 1.82) is 0 Å². The van der Waals surface area contributed by atoms with Crippen LogP contribution in [0.25, 0.3) is 0 Å². The van der Waals surface area contributed by atoms with E-state index in [2.05, 4.69) is 19.0 Å². The molecule has 1 aliphatic carbocycles. The predicted molar refractivity (Wildman–Crippen MR) is 96.6 cm³/mol. The van der Waals surface area contributed by atoms with Gasteiger partial charge in [0.05, 0.1) is 17.7 Å². The number of methoxy groups -OCH3 is 1. The van der Waals surface area contributed by atoms with E-state index in [0.717, 1.165) is 25.7 Å². The number of rotatable bonds is 3. The number of fused-ring (bicyclic) bond motifs is 1. The van der Waals surface area contributed by atoms with Crippen LogP contribution in [-0.2, 0) is 4.74 Å². The fourth-order valence-electron chi connectivity index (χ4n) is 3.95. The van der Waals surface area contributed by atoms with Gasteiger partial charge in [-0.3, -0.25) is 0 Å². The van der Waals surface area contributed by atoms with Gasteiger partial charge in [0.2, 0.25) is 0 Å².